The summed E-state index contributed by atoms with van der Waals surface area (Å²) in [7, 11) is 0. The minimum atomic E-state index is -0.453. The van der Waals surface area contributed by atoms with Crippen molar-refractivity contribution >= 4 is 40.4 Å². The number of aromatic nitrogens is 1. The molecular formula is C23H18N4O4S. The standard InChI is InChI=1S/C23H18N4O4S/c1-3-13-26-22(28)20(32-23(26)25-21-6-4-5-15(2)24-21)14-18-11-12-19(31-18)16-7-9-17(10-8-16)27(29)30/h3-12,14H,1,13H2,2H3/b20-14+,25-23+. The van der Waals surface area contributed by atoms with E-state index in [1.807, 2.05) is 19.1 Å². The predicted octanol–water partition coefficient (Wildman–Crippen LogP) is 5.35. The van der Waals surface area contributed by atoms with Crippen LogP contribution in [-0.4, -0.2) is 32.4 Å². The third-order valence-electron chi connectivity index (χ3n) is 4.55. The number of aliphatic imine (C=N–C) groups is 1. The Balaban J connectivity index is 1.60. The summed E-state index contributed by atoms with van der Waals surface area (Å²) in [6.07, 6.45) is 3.30. The predicted molar refractivity (Wildman–Crippen MR) is 124 cm³/mol. The zero-order valence-electron chi connectivity index (χ0n) is 17.1. The van der Waals surface area contributed by atoms with Crippen LogP contribution in [0.2, 0.25) is 0 Å². The summed E-state index contributed by atoms with van der Waals surface area (Å²) < 4.78 is 5.84. The number of nitro benzene ring substituents is 1. The number of nitrogens with zero attached hydrogens (tertiary/aromatic N) is 4. The van der Waals surface area contributed by atoms with Gasteiger partial charge in [-0.3, -0.25) is 19.8 Å². The minimum absolute atomic E-state index is 0.00725. The molecule has 0 N–H and O–H groups in total. The van der Waals surface area contributed by atoms with Gasteiger partial charge in [-0.2, -0.15) is 0 Å². The molecule has 0 bridgehead atoms. The molecule has 3 heterocycles. The molecule has 0 saturated carbocycles. The van der Waals surface area contributed by atoms with E-state index in [2.05, 4.69) is 16.6 Å². The summed E-state index contributed by atoms with van der Waals surface area (Å²) in [5.74, 6) is 1.36. The average Bonchev–Trinajstić information content (AvgIpc) is 3.35. The van der Waals surface area contributed by atoms with Crippen molar-refractivity contribution in [2.45, 2.75) is 6.92 Å². The molecule has 1 amide bonds. The largest absolute Gasteiger partial charge is 0.457 e. The molecule has 3 aromatic rings. The van der Waals surface area contributed by atoms with Gasteiger partial charge in [-0.15, -0.1) is 6.58 Å². The van der Waals surface area contributed by atoms with Gasteiger partial charge in [-0.05, 0) is 55.1 Å². The van der Waals surface area contributed by atoms with Crippen LogP contribution >= 0.6 is 11.8 Å². The second-order valence-electron chi connectivity index (χ2n) is 6.85. The van der Waals surface area contributed by atoms with E-state index in [1.54, 1.807) is 42.5 Å². The summed E-state index contributed by atoms with van der Waals surface area (Å²) >= 11 is 1.24. The third kappa shape index (κ3) is 4.52. The lowest BCUT2D eigenvalue weighted by atomic mass is 10.1. The number of carbonyl (C=O) groups is 1. The first-order valence-corrected chi connectivity index (χ1v) is 10.5. The van der Waals surface area contributed by atoms with Crippen molar-refractivity contribution in [3.63, 3.8) is 0 Å². The Bertz CT molecular complexity index is 1260. The Morgan fingerprint density at radius 2 is 2.00 bits per heavy atom. The van der Waals surface area contributed by atoms with Crippen LogP contribution in [0.5, 0.6) is 0 Å². The number of nitro groups is 1. The molecule has 1 aliphatic rings. The highest BCUT2D eigenvalue weighted by atomic mass is 32.2. The number of thioether (sulfide) groups is 1. The van der Waals surface area contributed by atoms with Crippen LogP contribution in [0.15, 0.2) is 81.6 Å². The van der Waals surface area contributed by atoms with Crippen molar-refractivity contribution in [1.82, 2.24) is 9.88 Å². The lowest BCUT2D eigenvalue weighted by Gasteiger charge is -2.12. The maximum absolute atomic E-state index is 12.9. The van der Waals surface area contributed by atoms with Gasteiger partial charge in [-0.25, -0.2) is 9.98 Å². The van der Waals surface area contributed by atoms with Gasteiger partial charge in [0.15, 0.2) is 11.0 Å². The van der Waals surface area contributed by atoms with Crippen LogP contribution in [0.4, 0.5) is 11.5 Å². The van der Waals surface area contributed by atoms with Crippen LogP contribution < -0.4 is 0 Å². The number of aryl methyl sites for hydroxylation is 1. The highest BCUT2D eigenvalue weighted by Gasteiger charge is 2.33. The van der Waals surface area contributed by atoms with E-state index in [0.29, 0.717) is 39.5 Å². The fourth-order valence-corrected chi connectivity index (χ4v) is 4.01. The van der Waals surface area contributed by atoms with Gasteiger partial charge in [0.1, 0.15) is 11.5 Å². The number of hydrogen-bond acceptors (Lipinski definition) is 7. The molecule has 2 aromatic heterocycles. The molecule has 0 aliphatic carbocycles. The molecule has 9 heteroatoms. The minimum Gasteiger partial charge on any atom is -0.457 e. The average molecular weight is 446 g/mol. The highest BCUT2D eigenvalue weighted by molar-refractivity contribution is 8.18. The lowest BCUT2D eigenvalue weighted by Crippen LogP contribution is -2.29. The summed E-state index contributed by atoms with van der Waals surface area (Å²) in [4.78, 5) is 34.2. The van der Waals surface area contributed by atoms with Crippen molar-refractivity contribution in [2.75, 3.05) is 6.54 Å². The van der Waals surface area contributed by atoms with E-state index in [-0.39, 0.29) is 11.6 Å². The van der Waals surface area contributed by atoms with Crippen LogP contribution in [-0.2, 0) is 4.79 Å². The van der Waals surface area contributed by atoms with Crippen molar-refractivity contribution in [2.24, 2.45) is 4.99 Å². The number of carbonyl (C=O) groups excluding carboxylic acids is 1. The molecule has 0 atom stereocenters. The van der Waals surface area contributed by atoms with Gasteiger partial charge in [0.25, 0.3) is 11.6 Å². The molecule has 4 rings (SSSR count). The molecule has 1 aliphatic heterocycles. The summed E-state index contributed by atoms with van der Waals surface area (Å²) in [6, 6.07) is 15.1. The van der Waals surface area contributed by atoms with E-state index in [0.717, 1.165) is 5.69 Å². The molecule has 32 heavy (non-hydrogen) atoms. The Morgan fingerprint density at radius 1 is 1.22 bits per heavy atom. The number of furan rings is 1. The molecule has 1 aromatic carbocycles. The molecule has 0 unspecified atom stereocenters. The van der Waals surface area contributed by atoms with Crippen molar-refractivity contribution in [3.05, 3.63) is 93.7 Å². The Kier molecular flexibility index (Phi) is 6.00. The van der Waals surface area contributed by atoms with E-state index >= 15 is 0 Å². The van der Waals surface area contributed by atoms with Gasteiger partial charge in [0.05, 0.1) is 9.83 Å². The molecule has 0 spiro atoms. The topological polar surface area (TPSA) is 102 Å². The zero-order chi connectivity index (χ0) is 22.7. The molecule has 8 nitrogen and oxygen atoms in total. The smallest absolute Gasteiger partial charge is 0.269 e. The third-order valence-corrected chi connectivity index (χ3v) is 5.55. The van der Waals surface area contributed by atoms with Gasteiger partial charge in [-0.1, -0.05) is 12.1 Å². The second kappa shape index (κ2) is 9.03. The molecule has 1 saturated heterocycles. The monoisotopic (exact) mass is 446 g/mol. The number of rotatable bonds is 6. The Morgan fingerprint density at radius 3 is 2.69 bits per heavy atom. The van der Waals surface area contributed by atoms with E-state index in [4.69, 9.17) is 4.42 Å². The molecular weight excluding hydrogens is 428 g/mol. The lowest BCUT2D eigenvalue weighted by molar-refractivity contribution is -0.384. The van der Waals surface area contributed by atoms with Crippen molar-refractivity contribution in [1.29, 1.82) is 0 Å². The Labute approximate surface area is 188 Å². The number of hydrogen-bond donors (Lipinski definition) is 0. The van der Waals surface area contributed by atoms with Crippen molar-refractivity contribution in [3.8, 4) is 11.3 Å². The Hall–Kier alpha value is -3.98. The maximum atomic E-state index is 12.9. The van der Waals surface area contributed by atoms with Crippen LogP contribution in [0.1, 0.15) is 11.5 Å². The SMILES string of the molecule is C=CCN1C(=O)/C(=C\c2ccc(-c3ccc([N+](=O)[O-])cc3)o2)S/C1=N/c1cccc(C)n1. The van der Waals surface area contributed by atoms with Gasteiger partial charge < -0.3 is 4.42 Å². The number of benzene rings is 1. The number of amides is 1. The van der Waals surface area contributed by atoms with Crippen LogP contribution in [0.25, 0.3) is 17.4 Å². The fraction of sp³-hybridized carbons (Fsp3) is 0.0870. The summed E-state index contributed by atoms with van der Waals surface area (Å²) in [5.41, 5.74) is 1.54. The van der Waals surface area contributed by atoms with E-state index < -0.39 is 4.92 Å². The first-order valence-electron chi connectivity index (χ1n) is 9.64. The van der Waals surface area contributed by atoms with Crippen LogP contribution in [0.3, 0.4) is 0 Å². The fourth-order valence-electron chi connectivity index (χ4n) is 3.03. The number of non-ortho nitro benzene ring substituents is 1. The van der Waals surface area contributed by atoms with Crippen molar-refractivity contribution < 1.29 is 14.1 Å². The van der Waals surface area contributed by atoms with Gasteiger partial charge in [0, 0.05) is 36.0 Å². The quantitative estimate of drug-likeness (QED) is 0.219. The normalized spacial score (nSPS) is 16.2. The zero-order valence-corrected chi connectivity index (χ0v) is 17.9. The molecule has 0 radical (unpaired) electrons. The first-order chi connectivity index (χ1) is 15.4. The molecule has 160 valence electrons. The van der Waals surface area contributed by atoms with Gasteiger partial charge >= 0.3 is 0 Å². The number of pyridine rings is 1. The summed E-state index contributed by atoms with van der Waals surface area (Å²) in [5, 5.41) is 11.3. The number of amidine groups is 1. The van der Waals surface area contributed by atoms with Crippen LogP contribution in [0, 0.1) is 17.0 Å². The maximum Gasteiger partial charge on any atom is 0.269 e. The highest BCUT2D eigenvalue weighted by Crippen LogP contribution is 2.35. The van der Waals surface area contributed by atoms with E-state index in [9.17, 15) is 14.9 Å². The van der Waals surface area contributed by atoms with Gasteiger partial charge in [0.2, 0.25) is 0 Å². The molecule has 1 fully saturated rings. The first kappa shape index (κ1) is 21.3. The second-order valence-corrected chi connectivity index (χ2v) is 7.86. The summed E-state index contributed by atoms with van der Waals surface area (Å²) in [6.45, 7) is 5.92. The van der Waals surface area contributed by atoms with E-state index in [1.165, 1.54) is 28.8 Å².